The molecule has 0 saturated heterocycles. The number of nitrogens with one attached hydrogen (secondary N) is 2. The first-order valence-electron chi connectivity index (χ1n) is 8.31. The van der Waals surface area contributed by atoms with E-state index in [-0.39, 0.29) is 0 Å². The molecule has 0 aliphatic heterocycles. The molecule has 7 aromatic rings. The first-order valence-corrected chi connectivity index (χ1v) is 8.31. The molecule has 110 valence electrons. The van der Waals surface area contributed by atoms with Gasteiger partial charge in [-0.25, -0.2) is 0 Å². The fraction of sp³-hybridized carbons (Fsp3) is 0. The van der Waals surface area contributed by atoms with Crippen LogP contribution in [0.4, 0.5) is 0 Å². The third kappa shape index (κ3) is 1.18. The van der Waals surface area contributed by atoms with E-state index in [9.17, 15) is 0 Å². The number of fused-ring (bicyclic) bond motifs is 12. The number of rotatable bonds is 0. The maximum Gasteiger partial charge on any atom is 0.0710 e. The highest BCUT2D eigenvalue weighted by Crippen LogP contribution is 2.44. The Bertz CT molecular complexity index is 1430. The molecule has 5 aromatic carbocycles. The average Bonchev–Trinajstić information content (AvgIpc) is 3.54. The van der Waals surface area contributed by atoms with Crippen LogP contribution in [-0.2, 0) is 0 Å². The number of hydrogen-bond donors (Lipinski definition) is 2. The van der Waals surface area contributed by atoms with E-state index in [0.717, 1.165) is 0 Å². The summed E-state index contributed by atoms with van der Waals surface area (Å²) in [6, 6.07) is 22.1. The standard InChI is InChI=1S/C22H12N2/c1-3-7-13-11(5-1)15-9-18-16(10-17(15)21-19(13)23-21)12-6-2-4-8-14(12)20-22(18)24-20/h1-10,23-24H. The Morgan fingerprint density at radius 3 is 1.21 bits per heavy atom. The van der Waals surface area contributed by atoms with Crippen molar-refractivity contribution in [2.75, 3.05) is 0 Å². The number of H-pyrrole nitrogens is 2. The van der Waals surface area contributed by atoms with Gasteiger partial charge in [0.25, 0.3) is 0 Å². The fourth-order valence-corrected chi connectivity index (χ4v) is 4.33. The quantitative estimate of drug-likeness (QED) is 0.249. The Labute approximate surface area is 136 Å². The molecule has 0 bridgehead atoms. The van der Waals surface area contributed by atoms with Crippen LogP contribution in [-0.4, -0.2) is 9.97 Å². The van der Waals surface area contributed by atoms with Crippen LogP contribution in [0.5, 0.6) is 0 Å². The van der Waals surface area contributed by atoms with Crippen LogP contribution < -0.4 is 0 Å². The largest absolute Gasteiger partial charge is 0.351 e. The second kappa shape index (κ2) is 3.46. The third-order valence-corrected chi connectivity index (χ3v) is 5.54. The highest BCUT2D eigenvalue weighted by Gasteiger charge is 2.19. The lowest BCUT2D eigenvalue weighted by molar-refractivity contribution is 1.76. The van der Waals surface area contributed by atoms with E-state index in [0.29, 0.717) is 0 Å². The lowest BCUT2D eigenvalue weighted by Crippen LogP contribution is -1.80. The molecule has 0 saturated carbocycles. The van der Waals surface area contributed by atoms with Crippen molar-refractivity contribution in [2.24, 2.45) is 0 Å². The van der Waals surface area contributed by atoms with E-state index < -0.39 is 0 Å². The lowest BCUT2D eigenvalue weighted by atomic mass is 9.95. The van der Waals surface area contributed by atoms with E-state index in [1.54, 1.807) is 0 Å². The molecule has 0 aliphatic rings. The molecule has 0 spiro atoms. The predicted molar refractivity (Wildman–Crippen MR) is 103 cm³/mol. The molecule has 2 N–H and O–H groups in total. The molecule has 0 radical (unpaired) electrons. The summed E-state index contributed by atoms with van der Waals surface area (Å²) in [5.41, 5.74) is 5.19. The Kier molecular flexibility index (Phi) is 1.63. The van der Waals surface area contributed by atoms with Gasteiger partial charge in [-0.2, -0.15) is 0 Å². The molecule has 2 aromatic heterocycles. The monoisotopic (exact) mass is 304 g/mol. The van der Waals surface area contributed by atoms with Crippen molar-refractivity contribution in [3.8, 4) is 0 Å². The van der Waals surface area contributed by atoms with Crippen molar-refractivity contribution < 1.29 is 0 Å². The second-order valence-electron chi connectivity index (χ2n) is 6.78. The fourth-order valence-electron chi connectivity index (χ4n) is 4.33. The average molecular weight is 304 g/mol. The van der Waals surface area contributed by atoms with Crippen LogP contribution >= 0.6 is 0 Å². The number of aromatic amines is 2. The zero-order chi connectivity index (χ0) is 15.4. The Balaban J connectivity index is 1.82. The molecule has 24 heavy (non-hydrogen) atoms. The van der Waals surface area contributed by atoms with E-state index in [2.05, 4.69) is 70.6 Å². The van der Waals surface area contributed by atoms with Gasteiger partial charge in [-0.05, 0) is 33.7 Å². The molecular weight excluding hydrogens is 292 g/mol. The van der Waals surface area contributed by atoms with E-state index in [1.807, 2.05) is 0 Å². The minimum absolute atomic E-state index is 1.30. The van der Waals surface area contributed by atoms with Gasteiger partial charge in [0.05, 0.1) is 22.1 Å². The highest BCUT2D eigenvalue weighted by molar-refractivity contribution is 6.34. The molecule has 2 heteroatoms. The summed E-state index contributed by atoms with van der Waals surface area (Å²) < 4.78 is 0. The summed E-state index contributed by atoms with van der Waals surface area (Å²) in [7, 11) is 0. The van der Waals surface area contributed by atoms with Crippen molar-refractivity contribution in [1.29, 1.82) is 0 Å². The normalized spacial score (nSPS) is 13.0. The van der Waals surface area contributed by atoms with Gasteiger partial charge in [-0.1, -0.05) is 48.5 Å². The predicted octanol–water partition coefficient (Wildman–Crippen LogP) is 6.14. The zero-order valence-corrected chi connectivity index (χ0v) is 12.8. The summed E-state index contributed by atoms with van der Waals surface area (Å²) in [5, 5.41) is 10.7. The minimum atomic E-state index is 1.30. The van der Waals surface area contributed by atoms with Gasteiger partial charge in [0.15, 0.2) is 0 Å². The molecule has 2 nitrogen and oxygen atoms in total. The van der Waals surface area contributed by atoms with Crippen molar-refractivity contribution in [3.05, 3.63) is 60.7 Å². The molecule has 0 aliphatic carbocycles. The first-order chi connectivity index (χ1) is 11.9. The van der Waals surface area contributed by atoms with Gasteiger partial charge in [0, 0.05) is 21.5 Å². The van der Waals surface area contributed by atoms with Gasteiger partial charge in [0.2, 0.25) is 0 Å². The first kappa shape index (κ1) is 11.3. The molecule has 0 fully saturated rings. The third-order valence-electron chi connectivity index (χ3n) is 5.54. The van der Waals surface area contributed by atoms with Crippen LogP contribution in [0.15, 0.2) is 60.7 Å². The molecule has 0 amide bonds. The molecule has 7 rings (SSSR count). The second-order valence-corrected chi connectivity index (χ2v) is 6.78. The Morgan fingerprint density at radius 1 is 0.375 bits per heavy atom. The maximum absolute atomic E-state index is 3.50. The van der Waals surface area contributed by atoms with E-state index in [1.165, 1.54) is 65.2 Å². The summed E-state index contributed by atoms with van der Waals surface area (Å²) in [5.74, 6) is 0. The molecule has 0 unspecified atom stereocenters. The summed E-state index contributed by atoms with van der Waals surface area (Å²) in [6.07, 6.45) is 0. The van der Waals surface area contributed by atoms with Gasteiger partial charge in [-0.3, -0.25) is 0 Å². The summed E-state index contributed by atoms with van der Waals surface area (Å²) in [6.45, 7) is 0. The Hall–Kier alpha value is -3.26. The molecule has 0 atom stereocenters. The van der Waals surface area contributed by atoms with Crippen molar-refractivity contribution in [3.63, 3.8) is 0 Å². The number of benzene rings is 5. The number of hydrogen-bond acceptors (Lipinski definition) is 0. The van der Waals surface area contributed by atoms with Crippen LogP contribution in [0.1, 0.15) is 0 Å². The van der Waals surface area contributed by atoms with Crippen LogP contribution in [0.2, 0.25) is 0 Å². The summed E-state index contributed by atoms with van der Waals surface area (Å²) in [4.78, 5) is 7.00. The zero-order valence-electron chi connectivity index (χ0n) is 12.8. The van der Waals surface area contributed by atoms with Gasteiger partial charge in [-0.15, -0.1) is 0 Å². The van der Waals surface area contributed by atoms with Gasteiger partial charge >= 0.3 is 0 Å². The van der Waals surface area contributed by atoms with E-state index >= 15 is 0 Å². The van der Waals surface area contributed by atoms with Crippen LogP contribution in [0.3, 0.4) is 0 Å². The van der Waals surface area contributed by atoms with E-state index in [4.69, 9.17) is 0 Å². The van der Waals surface area contributed by atoms with Crippen molar-refractivity contribution in [2.45, 2.75) is 0 Å². The SMILES string of the molecule is c1ccc2c(c1)c1cc3c(cc1c1[nH]c21)c1ccccc1c1[nH]c31. The topological polar surface area (TPSA) is 31.6 Å². The Morgan fingerprint density at radius 2 is 0.750 bits per heavy atom. The number of aromatic nitrogens is 2. The highest BCUT2D eigenvalue weighted by atomic mass is 14.8. The van der Waals surface area contributed by atoms with Gasteiger partial charge in [0.1, 0.15) is 0 Å². The van der Waals surface area contributed by atoms with Gasteiger partial charge < -0.3 is 9.97 Å². The lowest BCUT2D eigenvalue weighted by Gasteiger charge is -2.06. The smallest absolute Gasteiger partial charge is 0.0710 e. The summed E-state index contributed by atoms with van der Waals surface area (Å²) >= 11 is 0. The van der Waals surface area contributed by atoms with Crippen molar-refractivity contribution >= 4 is 65.2 Å². The maximum atomic E-state index is 3.50. The molecule has 2 heterocycles. The minimum Gasteiger partial charge on any atom is -0.351 e. The van der Waals surface area contributed by atoms with Crippen LogP contribution in [0, 0.1) is 0 Å². The molecular formula is C22H12N2. The van der Waals surface area contributed by atoms with Crippen molar-refractivity contribution in [1.82, 2.24) is 9.97 Å². The van der Waals surface area contributed by atoms with Crippen LogP contribution in [0.25, 0.3) is 65.2 Å².